The number of amides is 1. The monoisotopic (exact) mass is 525 g/mol. The molecule has 0 aliphatic rings. The van der Waals surface area contributed by atoms with Crippen molar-refractivity contribution in [2.75, 3.05) is 51.9 Å². The minimum atomic E-state index is -0.331. The van der Waals surface area contributed by atoms with Crippen molar-refractivity contribution >= 4 is 45.0 Å². The number of nitrogens with zero attached hydrogens (tertiary/aromatic N) is 3. The summed E-state index contributed by atoms with van der Waals surface area (Å²) in [6, 6.07) is 7.82. The molecule has 7 nitrogen and oxygen atoms in total. The topological polar surface area (TPSA) is 64.1 Å². The van der Waals surface area contributed by atoms with Crippen molar-refractivity contribution in [3.8, 4) is 17.2 Å². The molecule has 1 amide bonds. The van der Waals surface area contributed by atoms with Gasteiger partial charge in [0.25, 0.3) is 5.91 Å². The van der Waals surface area contributed by atoms with Crippen molar-refractivity contribution in [1.82, 2.24) is 9.88 Å². The zero-order valence-electron chi connectivity index (χ0n) is 20.8. The zero-order chi connectivity index (χ0) is 24.7. The Hall–Kier alpha value is -2.62. The Kier molecular flexibility index (Phi) is 11.0. The van der Waals surface area contributed by atoms with Crippen LogP contribution in [0.5, 0.6) is 17.2 Å². The minimum Gasteiger partial charge on any atom is -0.490 e. The second kappa shape index (κ2) is 13.5. The first-order valence-corrected chi connectivity index (χ1v) is 12.3. The number of hydrogen-bond donors (Lipinski definition) is 0. The summed E-state index contributed by atoms with van der Waals surface area (Å²) in [7, 11) is 3.98. The summed E-state index contributed by atoms with van der Waals surface area (Å²) in [5, 5.41) is 0.522. The lowest BCUT2D eigenvalue weighted by atomic mass is 10.1. The van der Waals surface area contributed by atoms with Crippen LogP contribution in [-0.4, -0.2) is 62.8 Å². The van der Waals surface area contributed by atoms with Crippen LogP contribution in [0.15, 0.2) is 30.3 Å². The number of hydrogen-bond acceptors (Lipinski definition) is 7. The number of rotatable bonds is 12. The van der Waals surface area contributed by atoms with Gasteiger partial charge in [-0.2, -0.15) is 0 Å². The molecule has 0 N–H and O–H groups in total. The van der Waals surface area contributed by atoms with E-state index in [1.807, 2.05) is 34.9 Å². The molecule has 192 valence electrons. The van der Waals surface area contributed by atoms with Gasteiger partial charge in [-0.25, -0.2) is 9.37 Å². The summed E-state index contributed by atoms with van der Waals surface area (Å²) < 4.78 is 31.8. The predicted octanol–water partition coefficient (Wildman–Crippen LogP) is 5.65. The van der Waals surface area contributed by atoms with Crippen LogP contribution >= 0.6 is 23.7 Å². The van der Waals surface area contributed by atoms with E-state index >= 15 is 0 Å². The fraction of sp³-hybridized carbons (Fsp3) is 0.440. The Morgan fingerprint density at radius 1 is 0.971 bits per heavy atom. The van der Waals surface area contributed by atoms with E-state index in [-0.39, 0.29) is 24.1 Å². The second-order valence-corrected chi connectivity index (χ2v) is 8.83. The highest BCUT2D eigenvalue weighted by molar-refractivity contribution is 7.22. The quantitative estimate of drug-likeness (QED) is 0.304. The van der Waals surface area contributed by atoms with Crippen LogP contribution in [0.2, 0.25) is 0 Å². The summed E-state index contributed by atoms with van der Waals surface area (Å²) in [6.45, 7) is 8.16. The van der Waals surface area contributed by atoms with E-state index in [0.29, 0.717) is 64.5 Å². The Labute approximate surface area is 216 Å². The molecule has 1 aromatic heterocycles. The minimum absolute atomic E-state index is 0. The highest BCUT2D eigenvalue weighted by Crippen LogP contribution is 2.40. The van der Waals surface area contributed by atoms with E-state index in [1.165, 1.54) is 23.5 Å². The van der Waals surface area contributed by atoms with Gasteiger partial charge in [-0.05, 0) is 78.2 Å². The average Bonchev–Trinajstić information content (AvgIpc) is 3.21. The van der Waals surface area contributed by atoms with Gasteiger partial charge >= 0.3 is 0 Å². The molecule has 0 radical (unpaired) electrons. The van der Waals surface area contributed by atoms with Crippen LogP contribution in [-0.2, 0) is 0 Å². The molecule has 0 saturated heterocycles. The molecular weight excluding hydrogens is 493 g/mol. The Morgan fingerprint density at radius 2 is 1.60 bits per heavy atom. The van der Waals surface area contributed by atoms with Gasteiger partial charge in [-0.1, -0.05) is 11.3 Å². The molecule has 3 aromatic rings. The van der Waals surface area contributed by atoms with E-state index in [1.54, 1.807) is 23.1 Å². The normalized spacial score (nSPS) is 10.8. The molecule has 35 heavy (non-hydrogen) atoms. The van der Waals surface area contributed by atoms with Gasteiger partial charge in [-0.3, -0.25) is 9.69 Å². The van der Waals surface area contributed by atoms with Crippen LogP contribution < -0.4 is 19.1 Å². The van der Waals surface area contributed by atoms with Gasteiger partial charge in [0.15, 0.2) is 16.6 Å². The number of halogens is 2. The lowest BCUT2D eigenvalue weighted by Gasteiger charge is -2.22. The molecule has 2 aromatic carbocycles. The SMILES string of the molecule is CCOc1cc(C(=O)N(CCCN(C)C)c2nc3ccc(F)cc3s2)cc(OCC)c1OCC.Cl. The number of ether oxygens (including phenoxy) is 3. The second-order valence-electron chi connectivity index (χ2n) is 7.82. The molecule has 10 heteroatoms. The number of benzene rings is 2. The molecule has 0 fully saturated rings. The van der Waals surface area contributed by atoms with Crippen LogP contribution in [0.1, 0.15) is 37.6 Å². The largest absolute Gasteiger partial charge is 0.490 e. The maximum atomic E-state index is 13.8. The average molecular weight is 526 g/mol. The number of aromatic nitrogens is 1. The third kappa shape index (κ3) is 7.19. The fourth-order valence-corrected chi connectivity index (χ4v) is 4.51. The Morgan fingerprint density at radius 3 is 2.17 bits per heavy atom. The van der Waals surface area contributed by atoms with Crippen molar-refractivity contribution < 1.29 is 23.4 Å². The van der Waals surface area contributed by atoms with Gasteiger partial charge in [0, 0.05) is 12.1 Å². The third-order valence-electron chi connectivity index (χ3n) is 4.96. The number of carbonyl (C=O) groups is 1. The third-order valence-corrected chi connectivity index (χ3v) is 6.00. The van der Waals surface area contributed by atoms with Crippen LogP contribution in [0, 0.1) is 5.82 Å². The predicted molar refractivity (Wildman–Crippen MR) is 142 cm³/mol. The van der Waals surface area contributed by atoms with E-state index in [0.717, 1.165) is 13.0 Å². The highest BCUT2D eigenvalue weighted by Gasteiger charge is 2.25. The molecule has 0 saturated carbocycles. The lowest BCUT2D eigenvalue weighted by molar-refractivity contribution is 0.0985. The van der Waals surface area contributed by atoms with Crippen molar-refractivity contribution in [3.63, 3.8) is 0 Å². The van der Waals surface area contributed by atoms with Gasteiger partial charge in [0.05, 0.1) is 30.0 Å². The smallest absolute Gasteiger partial charge is 0.260 e. The number of carbonyl (C=O) groups excluding carboxylic acids is 1. The Bertz CT molecular complexity index is 1100. The summed E-state index contributed by atoms with van der Waals surface area (Å²) in [6.07, 6.45) is 0.747. The molecule has 0 atom stereocenters. The fourth-order valence-electron chi connectivity index (χ4n) is 3.50. The molecule has 0 aliphatic heterocycles. The van der Waals surface area contributed by atoms with Gasteiger partial charge in [-0.15, -0.1) is 12.4 Å². The first-order chi connectivity index (χ1) is 16.4. The van der Waals surface area contributed by atoms with E-state index < -0.39 is 0 Å². The van der Waals surface area contributed by atoms with E-state index in [4.69, 9.17) is 14.2 Å². The molecular formula is C25H33ClFN3O4S. The first-order valence-electron chi connectivity index (χ1n) is 11.5. The van der Waals surface area contributed by atoms with E-state index in [2.05, 4.69) is 9.88 Å². The first kappa shape index (κ1) is 28.6. The number of anilines is 1. The maximum Gasteiger partial charge on any atom is 0.260 e. The summed E-state index contributed by atoms with van der Waals surface area (Å²) in [4.78, 5) is 22.1. The molecule has 1 heterocycles. The Balaban J connectivity index is 0.00000432. The summed E-state index contributed by atoms with van der Waals surface area (Å²) in [5.74, 6) is 0.833. The number of fused-ring (bicyclic) bond motifs is 1. The zero-order valence-corrected chi connectivity index (χ0v) is 22.4. The van der Waals surface area contributed by atoms with Gasteiger partial charge in [0.2, 0.25) is 5.75 Å². The molecule has 0 spiro atoms. The highest BCUT2D eigenvalue weighted by atomic mass is 35.5. The van der Waals surface area contributed by atoms with Gasteiger partial charge < -0.3 is 19.1 Å². The molecule has 3 rings (SSSR count). The van der Waals surface area contributed by atoms with Crippen molar-refractivity contribution in [3.05, 3.63) is 41.7 Å². The van der Waals surface area contributed by atoms with Crippen molar-refractivity contribution in [2.24, 2.45) is 0 Å². The number of thiazole rings is 1. The molecule has 0 aliphatic carbocycles. The van der Waals surface area contributed by atoms with Crippen molar-refractivity contribution in [2.45, 2.75) is 27.2 Å². The van der Waals surface area contributed by atoms with Crippen molar-refractivity contribution in [1.29, 1.82) is 0 Å². The van der Waals surface area contributed by atoms with E-state index in [9.17, 15) is 9.18 Å². The maximum absolute atomic E-state index is 13.8. The standard InChI is InChI=1S/C25H32FN3O4S.ClH/c1-6-31-20-14-17(15-21(32-7-2)23(20)33-8-3)24(30)29(13-9-12-28(4)5)25-27-19-11-10-18(26)16-22(19)34-25;/h10-11,14-16H,6-9,12-13H2,1-5H3;1H. The molecule has 0 unspecified atom stereocenters. The molecule has 0 bridgehead atoms. The lowest BCUT2D eigenvalue weighted by Crippen LogP contribution is -2.33. The van der Waals surface area contributed by atoms with Crippen LogP contribution in [0.25, 0.3) is 10.2 Å². The van der Waals surface area contributed by atoms with Gasteiger partial charge in [0.1, 0.15) is 5.82 Å². The summed E-state index contributed by atoms with van der Waals surface area (Å²) >= 11 is 1.29. The van der Waals surface area contributed by atoms with Crippen LogP contribution in [0.3, 0.4) is 0 Å². The van der Waals surface area contributed by atoms with Crippen LogP contribution in [0.4, 0.5) is 9.52 Å². The summed E-state index contributed by atoms with van der Waals surface area (Å²) in [5.41, 5.74) is 1.06.